The van der Waals surface area contributed by atoms with Gasteiger partial charge in [0.05, 0.1) is 23.5 Å². The van der Waals surface area contributed by atoms with Crippen LogP contribution in [0.2, 0.25) is 0 Å². The van der Waals surface area contributed by atoms with Gasteiger partial charge >= 0.3 is 0 Å². The summed E-state index contributed by atoms with van der Waals surface area (Å²) in [6.07, 6.45) is 1.48. The topological polar surface area (TPSA) is 36.9 Å². The highest BCUT2D eigenvalue weighted by molar-refractivity contribution is 5.59. The van der Waals surface area contributed by atoms with E-state index >= 15 is 0 Å². The van der Waals surface area contributed by atoms with Gasteiger partial charge in [0.25, 0.3) is 0 Å². The van der Waals surface area contributed by atoms with Crippen molar-refractivity contribution < 1.29 is 8.81 Å². The SMILES string of the molecule is N#Cc1ccc(-c2ccco2)c(F)c1. The molecule has 3 heteroatoms. The van der Waals surface area contributed by atoms with Gasteiger partial charge in [-0.2, -0.15) is 5.26 Å². The fourth-order valence-electron chi connectivity index (χ4n) is 1.22. The lowest BCUT2D eigenvalue weighted by molar-refractivity contribution is 0.569. The number of halogens is 1. The molecule has 0 atom stereocenters. The van der Waals surface area contributed by atoms with E-state index in [-0.39, 0.29) is 0 Å². The third kappa shape index (κ3) is 1.38. The summed E-state index contributed by atoms with van der Waals surface area (Å²) in [5.74, 6) is 0.0194. The van der Waals surface area contributed by atoms with Crippen molar-refractivity contribution in [3.05, 3.63) is 48.0 Å². The summed E-state index contributed by atoms with van der Waals surface area (Å²) in [7, 11) is 0. The molecular formula is C11H6FNO. The summed E-state index contributed by atoms with van der Waals surface area (Å²) < 4.78 is 18.4. The van der Waals surface area contributed by atoms with Crippen molar-refractivity contribution in [1.29, 1.82) is 5.26 Å². The number of hydrogen-bond donors (Lipinski definition) is 0. The lowest BCUT2D eigenvalue weighted by atomic mass is 10.1. The number of nitrogens with zero attached hydrogens (tertiary/aromatic N) is 1. The van der Waals surface area contributed by atoms with E-state index in [1.165, 1.54) is 18.4 Å². The van der Waals surface area contributed by atoms with Gasteiger partial charge in [-0.15, -0.1) is 0 Å². The number of hydrogen-bond acceptors (Lipinski definition) is 2. The van der Waals surface area contributed by atoms with Gasteiger partial charge in [-0.25, -0.2) is 4.39 Å². The molecule has 0 radical (unpaired) electrons. The van der Waals surface area contributed by atoms with Crippen LogP contribution in [0.3, 0.4) is 0 Å². The van der Waals surface area contributed by atoms with E-state index in [0.717, 1.165) is 0 Å². The largest absolute Gasteiger partial charge is 0.464 e. The molecule has 0 aliphatic rings. The Balaban J connectivity index is 2.52. The Morgan fingerprint density at radius 3 is 2.71 bits per heavy atom. The molecule has 0 spiro atoms. The van der Waals surface area contributed by atoms with E-state index in [4.69, 9.17) is 9.68 Å². The fraction of sp³-hybridized carbons (Fsp3) is 0. The maximum Gasteiger partial charge on any atom is 0.136 e. The molecule has 68 valence electrons. The first kappa shape index (κ1) is 8.52. The van der Waals surface area contributed by atoms with E-state index in [9.17, 15) is 4.39 Å². The van der Waals surface area contributed by atoms with E-state index in [1.807, 2.05) is 6.07 Å². The Morgan fingerprint density at radius 2 is 2.14 bits per heavy atom. The molecule has 0 aliphatic carbocycles. The minimum absolute atomic E-state index is 0.304. The second-order valence-corrected chi connectivity index (χ2v) is 2.78. The Morgan fingerprint density at radius 1 is 1.29 bits per heavy atom. The summed E-state index contributed by atoms with van der Waals surface area (Å²) in [5, 5.41) is 8.54. The first-order chi connectivity index (χ1) is 6.81. The summed E-state index contributed by atoms with van der Waals surface area (Å²) in [6, 6.07) is 9.51. The molecule has 0 aliphatic heterocycles. The Kier molecular flexibility index (Phi) is 2.04. The van der Waals surface area contributed by atoms with Crippen LogP contribution in [-0.4, -0.2) is 0 Å². The van der Waals surface area contributed by atoms with E-state index < -0.39 is 5.82 Å². The third-order valence-electron chi connectivity index (χ3n) is 1.88. The number of benzene rings is 1. The molecular weight excluding hydrogens is 181 g/mol. The van der Waals surface area contributed by atoms with E-state index in [0.29, 0.717) is 16.9 Å². The Hall–Kier alpha value is -2.08. The van der Waals surface area contributed by atoms with Crippen molar-refractivity contribution in [3.63, 3.8) is 0 Å². The minimum Gasteiger partial charge on any atom is -0.464 e. The van der Waals surface area contributed by atoms with E-state index in [1.54, 1.807) is 18.2 Å². The molecule has 0 saturated heterocycles. The van der Waals surface area contributed by atoms with E-state index in [2.05, 4.69) is 0 Å². The Bertz CT molecular complexity index is 482. The lowest BCUT2D eigenvalue weighted by Crippen LogP contribution is -1.84. The second kappa shape index (κ2) is 3.35. The minimum atomic E-state index is -0.445. The van der Waals surface area contributed by atoms with Crippen LogP contribution in [0.15, 0.2) is 41.0 Å². The van der Waals surface area contributed by atoms with Gasteiger partial charge < -0.3 is 4.42 Å². The zero-order valence-electron chi connectivity index (χ0n) is 7.20. The highest BCUT2D eigenvalue weighted by Gasteiger charge is 2.07. The summed E-state index contributed by atoms with van der Waals surface area (Å²) in [6.45, 7) is 0. The van der Waals surface area contributed by atoms with Crippen LogP contribution in [-0.2, 0) is 0 Å². The molecule has 0 fully saturated rings. The molecule has 2 rings (SSSR count). The van der Waals surface area contributed by atoms with Crippen molar-refractivity contribution in [2.75, 3.05) is 0 Å². The van der Waals surface area contributed by atoms with Gasteiger partial charge in [-0.1, -0.05) is 0 Å². The van der Waals surface area contributed by atoms with Crippen LogP contribution in [0.4, 0.5) is 4.39 Å². The van der Waals surface area contributed by atoms with Gasteiger partial charge in [0, 0.05) is 0 Å². The molecule has 0 saturated carbocycles. The fourth-order valence-corrected chi connectivity index (χ4v) is 1.22. The predicted molar refractivity (Wildman–Crippen MR) is 48.8 cm³/mol. The molecule has 1 aromatic carbocycles. The normalized spacial score (nSPS) is 9.71. The van der Waals surface area contributed by atoms with Crippen molar-refractivity contribution in [3.8, 4) is 17.4 Å². The van der Waals surface area contributed by atoms with Crippen LogP contribution in [0.5, 0.6) is 0 Å². The molecule has 2 nitrogen and oxygen atoms in total. The standard InChI is InChI=1S/C11H6FNO/c12-10-6-8(7-13)3-4-9(10)11-2-1-5-14-11/h1-6H. The highest BCUT2D eigenvalue weighted by atomic mass is 19.1. The molecule has 0 N–H and O–H groups in total. The number of rotatable bonds is 1. The van der Waals surface area contributed by atoms with Gasteiger partial charge in [0.1, 0.15) is 11.6 Å². The zero-order chi connectivity index (χ0) is 9.97. The van der Waals surface area contributed by atoms with Crippen LogP contribution in [0, 0.1) is 17.1 Å². The summed E-state index contributed by atoms with van der Waals surface area (Å²) >= 11 is 0. The van der Waals surface area contributed by atoms with Crippen molar-refractivity contribution in [1.82, 2.24) is 0 Å². The maximum absolute atomic E-state index is 13.4. The zero-order valence-corrected chi connectivity index (χ0v) is 7.20. The Labute approximate surface area is 80.2 Å². The van der Waals surface area contributed by atoms with Gasteiger partial charge in [-0.05, 0) is 30.3 Å². The van der Waals surface area contributed by atoms with Gasteiger partial charge in [0.15, 0.2) is 0 Å². The lowest BCUT2D eigenvalue weighted by Gasteiger charge is -1.98. The van der Waals surface area contributed by atoms with Crippen molar-refractivity contribution in [2.24, 2.45) is 0 Å². The van der Waals surface area contributed by atoms with Gasteiger partial charge in [0.2, 0.25) is 0 Å². The number of furan rings is 1. The summed E-state index contributed by atoms with van der Waals surface area (Å²) in [4.78, 5) is 0. The van der Waals surface area contributed by atoms with Crippen LogP contribution < -0.4 is 0 Å². The first-order valence-electron chi connectivity index (χ1n) is 4.05. The third-order valence-corrected chi connectivity index (χ3v) is 1.88. The summed E-state index contributed by atoms with van der Waals surface area (Å²) in [5.41, 5.74) is 0.673. The van der Waals surface area contributed by atoms with Crippen LogP contribution in [0.25, 0.3) is 11.3 Å². The molecule has 0 unspecified atom stereocenters. The molecule has 1 aromatic heterocycles. The highest BCUT2D eigenvalue weighted by Crippen LogP contribution is 2.23. The number of nitriles is 1. The molecule has 14 heavy (non-hydrogen) atoms. The molecule has 0 amide bonds. The quantitative estimate of drug-likeness (QED) is 0.688. The second-order valence-electron chi connectivity index (χ2n) is 2.78. The maximum atomic E-state index is 13.4. The average Bonchev–Trinajstić information content (AvgIpc) is 2.70. The van der Waals surface area contributed by atoms with Crippen LogP contribution in [0.1, 0.15) is 5.56 Å². The van der Waals surface area contributed by atoms with Crippen molar-refractivity contribution >= 4 is 0 Å². The molecule has 1 heterocycles. The smallest absolute Gasteiger partial charge is 0.136 e. The molecule has 2 aromatic rings. The van der Waals surface area contributed by atoms with Crippen molar-refractivity contribution in [2.45, 2.75) is 0 Å². The predicted octanol–water partition coefficient (Wildman–Crippen LogP) is 2.96. The monoisotopic (exact) mass is 187 g/mol. The average molecular weight is 187 g/mol. The van der Waals surface area contributed by atoms with Gasteiger partial charge in [-0.3, -0.25) is 0 Å². The van der Waals surface area contributed by atoms with Crippen LogP contribution >= 0.6 is 0 Å². The first-order valence-corrected chi connectivity index (χ1v) is 4.05. The molecule has 0 bridgehead atoms.